The van der Waals surface area contributed by atoms with E-state index in [1.165, 1.54) is 0 Å². The van der Waals surface area contributed by atoms with Gasteiger partial charge >= 0.3 is 0 Å². The quantitative estimate of drug-likeness (QED) is 0.886. The van der Waals surface area contributed by atoms with Crippen molar-refractivity contribution in [2.24, 2.45) is 0 Å². The summed E-state index contributed by atoms with van der Waals surface area (Å²) in [6.07, 6.45) is 2.38. The summed E-state index contributed by atoms with van der Waals surface area (Å²) < 4.78 is 6.62. The molecule has 3 atom stereocenters. The molecular weight excluding hydrogens is 318 g/mol. The van der Waals surface area contributed by atoms with Gasteiger partial charge in [-0.25, -0.2) is 0 Å². The molecule has 1 aliphatic rings. The van der Waals surface area contributed by atoms with Crippen LogP contribution in [0.5, 0.6) is 0 Å². The van der Waals surface area contributed by atoms with Gasteiger partial charge in [-0.15, -0.1) is 0 Å². The second kappa shape index (κ2) is 6.24. The van der Waals surface area contributed by atoms with Crippen molar-refractivity contribution in [1.82, 2.24) is 0 Å². The lowest BCUT2D eigenvalue weighted by Crippen LogP contribution is -2.36. The maximum absolute atomic E-state index is 9.48. The first kappa shape index (κ1) is 14.1. The lowest BCUT2D eigenvalue weighted by atomic mass is 10.1. The molecule has 1 aromatic rings. The van der Waals surface area contributed by atoms with Crippen molar-refractivity contribution in [1.29, 1.82) is 0 Å². The minimum atomic E-state index is -0.0805. The third-order valence-electron chi connectivity index (χ3n) is 3.18. The van der Waals surface area contributed by atoms with Gasteiger partial charge in [-0.3, -0.25) is 0 Å². The molecule has 0 bridgehead atoms. The Hall–Kier alpha value is -0.290. The van der Waals surface area contributed by atoms with E-state index in [-0.39, 0.29) is 24.9 Å². The summed E-state index contributed by atoms with van der Waals surface area (Å²) in [7, 11) is 0. The molecule has 2 N–H and O–H groups in total. The van der Waals surface area contributed by atoms with Gasteiger partial charge in [0.2, 0.25) is 0 Å². The Kier molecular flexibility index (Phi) is 4.90. The summed E-state index contributed by atoms with van der Waals surface area (Å²) in [5.74, 6) is 0. The Morgan fingerprint density at radius 1 is 1.56 bits per heavy atom. The zero-order valence-electron chi connectivity index (χ0n) is 10.2. The minimum absolute atomic E-state index is 0.0532. The second-order valence-electron chi connectivity index (χ2n) is 4.62. The number of nitrogens with one attached hydrogen (secondary N) is 1. The maximum Gasteiger partial charge on any atom is 0.0803 e. The molecule has 0 radical (unpaired) electrons. The van der Waals surface area contributed by atoms with Gasteiger partial charge in [0, 0.05) is 10.2 Å². The SMILES string of the molecule is CC1CCC(C(CO)Nc2ccc(Cl)c(Br)c2)O1. The summed E-state index contributed by atoms with van der Waals surface area (Å²) in [6.45, 7) is 2.12. The van der Waals surface area contributed by atoms with E-state index in [0.717, 1.165) is 23.0 Å². The number of ether oxygens (including phenoxy) is 1. The topological polar surface area (TPSA) is 41.5 Å². The van der Waals surface area contributed by atoms with E-state index in [1.54, 1.807) is 0 Å². The molecule has 1 saturated heterocycles. The van der Waals surface area contributed by atoms with Gasteiger partial charge in [-0.1, -0.05) is 11.6 Å². The van der Waals surface area contributed by atoms with Crippen LogP contribution in [0.3, 0.4) is 0 Å². The largest absolute Gasteiger partial charge is 0.394 e. The van der Waals surface area contributed by atoms with Crippen molar-refractivity contribution in [2.45, 2.75) is 38.0 Å². The van der Waals surface area contributed by atoms with Crippen LogP contribution in [0, 0.1) is 0 Å². The molecular formula is C13H17BrClNO2. The Morgan fingerprint density at radius 2 is 2.33 bits per heavy atom. The van der Waals surface area contributed by atoms with Gasteiger partial charge in [0.1, 0.15) is 0 Å². The lowest BCUT2D eigenvalue weighted by molar-refractivity contribution is 0.0324. The molecule has 0 aliphatic carbocycles. The van der Waals surface area contributed by atoms with E-state index < -0.39 is 0 Å². The summed E-state index contributed by atoms with van der Waals surface area (Å²) in [4.78, 5) is 0. The monoisotopic (exact) mass is 333 g/mol. The van der Waals surface area contributed by atoms with Crippen LogP contribution in [0.1, 0.15) is 19.8 Å². The molecule has 0 amide bonds. The average Bonchev–Trinajstić information content (AvgIpc) is 2.77. The fourth-order valence-corrected chi connectivity index (χ4v) is 2.68. The number of hydrogen-bond acceptors (Lipinski definition) is 3. The van der Waals surface area contributed by atoms with Crippen molar-refractivity contribution >= 4 is 33.2 Å². The van der Waals surface area contributed by atoms with E-state index in [9.17, 15) is 5.11 Å². The highest BCUT2D eigenvalue weighted by atomic mass is 79.9. The highest BCUT2D eigenvalue weighted by Gasteiger charge is 2.29. The van der Waals surface area contributed by atoms with Crippen LogP contribution < -0.4 is 5.32 Å². The molecule has 5 heteroatoms. The van der Waals surface area contributed by atoms with Crippen molar-refractivity contribution in [3.8, 4) is 0 Å². The van der Waals surface area contributed by atoms with Crippen molar-refractivity contribution < 1.29 is 9.84 Å². The number of anilines is 1. The van der Waals surface area contributed by atoms with E-state index in [1.807, 2.05) is 18.2 Å². The van der Waals surface area contributed by atoms with Gasteiger partial charge < -0.3 is 15.2 Å². The van der Waals surface area contributed by atoms with Gasteiger partial charge in [0.15, 0.2) is 0 Å². The smallest absolute Gasteiger partial charge is 0.0803 e. The summed E-state index contributed by atoms with van der Waals surface area (Å²) in [5, 5.41) is 13.4. The first-order valence-corrected chi connectivity index (χ1v) is 7.25. The molecule has 100 valence electrons. The van der Waals surface area contributed by atoms with Gasteiger partial charge in [0.05, 0.1) is 29.9 Å². The zero-order valence-corrected chi connectivity index (χ0v) is 12.5. The number of rotatable bonds is 4. The molecule has 1 fully saturated rings. The first-order valence-electron chi connectivity index (χ1n) is 6.08. The minimum Gasteiger partial charge on any atom is -0.394 e. The van der Waals surface area contributed by atoms with E-state index in [0.29, 0.717) is 5.02 Å². The summed E-state index contributed by atoms with van der Waals surface area (Å²) in [6, 6.07) is 5.54. The predicted molar refractivity (Wildman–Crippen MR) is 77.2 cm³/mol. The normalized spacial score (nSPS) is 25.1. The molecule has 0 aromatic heterocycles. The Labute approximate surface area is 121 Å². The first-order chi connectivity index (χ1) is 8.60. The van der Waals surface area contributed by atoms with E-state index >= 15 is 0 Å². The van der Waals surface area contributed by atoms with Gasteiger partial charge in [0.25, 0.3) is 0 Å². The van der Waals surface area contributed by atoms with Crippen molar-refractivity contribution in [3.63, 3.8) is 0 Å². The highest BCUT2D eigenvalue weighted by Crippen LogP contribution is 2.28. The number of aliphatic hydroxyl groups is 1. The average molecular weight is 335 g/mol. The van der Waals surface area contributed by atoms with Crippen LogP contribution in [-0.2, 0) is 4.74 Å². The van der Waals surface area contributed by atoms with E-state index in [2.05, 4.69) is 28.2 Å². The summed E-state index contributed by atoms with van der Waals surface area (Å²) in [5.41, 5.74) is 0.925. The second-order valence-corrected chi connectivity index (χ2v) is 5.89. The predicted octanol–water partition coefficient (Wildman–Crippen LogP) is 3.44. The van der Waals surface area contributed by atoms with Gasteiger partial charge in [-0.2, -0.15) is 0 Å². The van der Waals surface area contributed by atoms with Crippen molar-refractivity contribution in [2.75, 3.05) is 11.9 Å². The third kappa shape index (κ3) is 3.38. The molecule has 2 rings (SSSR count). The Balaban J connectivity index is 2.03. The molecule has 3 unspecified atom stereocenters. The molecule has 18 heavy (non-hydrogen) atoms. The van der Waals surface area contributed by atoms with Crippen LogP contribution in [0.4, 0.5) is 5.69 Å². The standard InChI is InChI=1S/C13H17BrClNO2/c1-8-2-5-13(18-8)12(7-17)16-9-3-4-11(15)10(14)6-9/h3-4,6,8,12-13,16-17H,2,5,7H2,1H3. The highest BCUT2D eigenvalue weighted by molar-refractivity contribution is 9.10. The number of benzene rings is 1. The summed E-state index contributed by atoms with van der Waals surface area (Å²) >= 11 is 9.33. The molecule has 1 heterocycles. The fraction of sp³-hybridized carbons (Fsp3) is 0.538. The zero-order chi connectivity index (χ0) is 13.1. The van der Waals surface area contributed by atoms with Crippen LogP contribution in [0.25, 0.3) is 0 Å². The maximum atomic E-state index is 9.48. The number of hydrogen-bond donors (Lipinski definition) is 2. The van der Waals surface area contributed by atoms with Crippen molar-refractivity contribution in [3.05, 3.63) is 27.7 Å². The molecule has 3 nitrogen and oxygen atoms in total. The Morgan fingerprint density at radius 3 is 2.89 bits per heavy atom. The molecule has 0 saturated carbocycles. The fourth-order valence-electron chi connectivity index (χ4n) is 2.19. The molecule has 1 aliphatic heterocycles. The van der Waals surface area contributed by atoms with Crippen LogP contribution in [0.2, 0.25) is 5.02 Å². The number of halogens is 2. The lowest BCUT2D eigenvalue weighted by Gasteiger charge is -2.24. The third-order valence-corrected chi connectivity index (χ3v) is 4.40. The van der Waals surface area contributed by atoms with E-state index in [4.69, 9.17) is 16.3 Å². The molecule has 0 spiro atoms. The number of aliphatic hydroxyl groups excluding tert-OH is 1. The van der Waals surface area contributed by atoms with Crippen LogP contribution in [-0.4, -0.2) is 30.0 Å². The molecule has 1 aromatic carbocycles. The Bertz CT molecular complexity index is 416. The van der Waals surface area contributed by atoms with Crippen LogP contribution in [0.15, 0.2) is 22.7 Å². The van der Waals surface area contributed by atoms with Gasteiger partial charge in [-0.05, 0) is 53.9 Å². The van der Waals surface area contributed by atoms with Crippen LogP contribution >= 0.6 is 27.5 Å².